The van der Waals surface area contributed by atoms with E-state index in [0.717, 1.165) is 44.4 Å². The largest absolute Gasteiger partial charge is 0.379 e. The Kier molecular flexibility index (Phi) is 7.56. The number of rotatable bonds is 6. The maximum absolute atomic E-state index is 5.63. The van der Waals surface area contributed by atoms with Crippen molar-refractivity contribution < 1.29 is 4.74 Å². The smallest absolute Gasteiger partial charge is 0.126 e. The third-order valence-electron chi connectivity index (χ3n) is 4.76. The van der Waals surface area contributed by atoms with E-state index in [1.807, 2.05) is 25.1 Å². The van der Waals surface area contributed by atoms with Gasteiger partial charge in [-0.3, -0.25) is 0 Å². The van der Waals surface area contributed by atoms with Crippen LogP contribution in [0.25, 0.3) is 0 Å². The Morgan fingerprint density at radius 1 is 1.30 bits per heavy atom. The summed E-state index contributed by atoms with van der Waals surface area (Å²) < 4.78 is 5.63. The first-order valence-corrected chi connectivity index (χ1v) is 8.55. The van der Waals surface area contributed by atoms with Crippen molar-refractivity contribution in [3.63, 3.8) is 0 Å². The van der Waals surface area contributed by atoms with Gasteiger partial charge in [-0.2, -0.15) is 0 Å². The number of pyridine rings is 1. The lowest BCUT2D eigenvalue weighted by molar-refractivity contribution is 0.0526. The van der Waals surface area contributed by atoms with Gasteiger partial charge in [-0.05, 0) is 37.8 Å². The Hall–Kier alpha value is -0.880. The number of aromatic nitrogens is 1. The summed E-state index contributed by atoms with van der Waals surface area (Å²) in [5.41, 5.74) is 1.05. The molecule has 1 aliphatic carbocycles. The van der Waals surface area contributed by atoms with Crippen molar-refractivity contribution in [2.75, 3.05) is 38.2 Å². The molecule has 2 aliphatic rings. The molecule has 0 bridgehead atoms. The van der Waals surface area contributed by atoms with Gasteiger partial charge in [0.25, 0.3) is 0 Å². The molecule has 1 aromatic heterocycles. The van der Waals surface area contributed by atoms with E-state index in [0.29, 0.717) is 18.0 Å². The summed E-state index contributed by atoms with van der Waals surface area (Å²) in [5, 5.41) is 10.7. The molecule has 5 nitrogen and oxygen atoms in total. The van der Waals surface area contributed by atoms with Gasteiger partial charge < -0.3 is 20.7 Å². The molecule has 23 heavy (non-hydrogen) atoms. The van der Waals surface area contributed by atoms with Crippen LogP contribution < -0.4 is 16.0 Å². The van der Waals surface area contributed by atoms with Gasteiger partial charge >= 0.3 is 0 Å². The lowest BCUT2D eigenvalue weighted by Crippen LogP contribution is -2.51. The molecule has 0 amide bonds. The van der Waals surface area contributed by atoms with Crippen LogP contribution >= 0.6 is 12.4 Å². The average Bonchev–Trinajstić information content (AvgIpc) is 3.01. The Balaban J connectivity index is 0.00000192. The van der Waals surface area contributed by atoms with Gasteiger partial charge in [0.2, 0.25) is 0 Å². The summed E-state index contributed by atoms with van der Waals surface area (Å²) in [6.07, 6.45) is 3.92. The highest BCUT2D eigenvalue weighted by Crippen LogP contribution is 2.29. The van der Waals surface area contributed by atoms with Crippen LogP contribution in [0.3, 0.4) is 0 Å². The van der Waals surface area contributed by atoms with E-state index in [4.69, 9.17) is 4.74 Å². The summed E-state index contributed by atoms with van der Waals surface area (Å²) in [7, 11) is 0. The predicted molar refractivity (Wildman–Crippen MR) is 96.5 cm³/mol. The third kappa shape index (κ3) is 5.31. The standard InChI is InChI=1S/C17H28N4O.ClH/c1-13-4-2-7-17(21-13)20-9-8-18-15-6-3-5-14(15)16-12-22-11-10-19-16;/h2,4,7,14-16,18-19H,3,5-6,8-12H2,1H3,(H,20,21);1H. The van der Waals surface area contributed by atoms with Gasteiger partial charge in [0, 0.05) is 37.4 Å². The predicted octanol–water partition coefficient (Wildman–Crippen LogP) is 1.97. The summed E-state index contributed by atoms with van der Waals surface area (Å²) in [4.78, 5) is 4.47. The number of nitrogens with zero attached hydrogens (tertiary/aromatic N) is 1. The molecule has 3 unspecified atom stereocenters. The fourth-order valence-corrected chi connectivity index (χ4v) is 3.67. The van der Waals surface area contributed by atoms with Crippen molar-refractivity contribution in [1.82, 2.24) is 15.6 Å². The highest BCUT2D eigenvalue weighted by molar-refractivity contribution is 5.85. The molecule has 0 spiro atoms. The molecule has 3 atom stereocenters. The number of ether oxygens (including phenoxy) is 1. The van der Waals surface area contributed by atoms with Crippen LogP contribution in [0.4, 0.5) is 5.82 Å². The lowest BCUT2D eigenvalue weighted by Gasteiger charge is -2.33. The summed E-state index contributed by atoms with van der Waals surface area (Å²) in [5.74, 6) is 1.67. The Morgan fingerprint density at radius 3 is 3.00 bits per heavy atom. The topological polar surface area (TPSA) is 58.2 Å². The third-order valence-corrected chi connectivity index (χ3v) is 4.76. The Morgan fingerprint density at radius 2 is 2.22 bits per heavy atom. The molecule has 3 rings (SSSR count). The van der Waals surface area contributed by atoms with Crippen LogP contribution in [-0.2, 0) is 4.74 Å². The fraction of sp³-hybridized carbons (Fsp3) is 0.706. The van der Waals surface area contributed by atoms with E-state index in [2.05, 4.69) is 20.9 Å². The molecule has 1 aliphatic heterocycles. The molecular weight excluding hydrogens is 312 g/mol. The molecule has 1 saturated heterocycles. The number of nitrogens with one attached hydrogen (secondary N) is 3. The second kappa shape index (κ2) is 9.42. The molecule has 3 N–H and O–H groups in total. The Labute approximate surface area is 145 Å². The number of hydrogen-bond acceptors (Lipinski definition) is 5. The van der Waals surface area contributed by atoms with E-state index in [1.54, 1.807) is 0 Å². The van der Waals surface area contributed by atoms with Crippen LogP contribution in [0.1, 0.15) is 25.0 Å². The first-order valence-electron chi connectivity index (χ1n) is 8.55. The van der Waals surface area contributed by atoms with E-state index in [9.17, 15) is 0 Å². The summed E-state index contributed by atoms with van der Waals surface area (Å²) in [6, 6.07) is 7.23. The first kappa shape index (κ1) is 18.5. The first-order chi connectivity index (χ1) is 10.8. The van der Waals surface area contributed by atoms with Crippen molar-refractivity contribution >= 4 is 18.2 Å². The van der Waals surface area contributed by atoms with E-state index in [1.165, 1.54) is 19.3 Å². The van der Waals surface area contributed by atoms with Gasteiger partial charge in [0.05, 0.1) is 13.2 Å². The highest BCUT2D eigenvalue weighted by Gasteiger charge is 2.34. The molecule has 2 fully saturated rings. The van der Waals surface area contributed by atoms with E-state index in [-0.39, 0.29) is 12.4 Å². The van der Waals surface area contributed by atoms with Crippen molar-refractivity contribution in [2.24, 2.45) is 5.92 Å². The number of morpholine rings is 1. The van der Waals surface area contributed by atoms with Gasteiger partial charge in [0.1, 0.15) is 5.82 Å². The second-order valence-corrected chi connectivity index (χ2v) is 6.38. The van der Waals surface area contributed by atoms with Crippen LogP contribution in [0.5, 0.6) is 0 Å². The maximum Gasteiger partial charge on any atom is 0.126 e. The number of aryl methyl sites for hydroxylation is 1. The summed E-state index contributed by atoms with van der Waals surface area (Å²) >= 11 is 0. The normalized spacial score (nSPS) is 27.4. The monoisotopic (exact) mass is 340 g/mol. The zero-order valence-electron chi connectivity index (χ0n) is 13.9. The Bertz CT molecular complexity index is 468. The second-order valence-electron chi connectivity index (χ2n) is 6.38. The summed E-state index contributed by atoms with van der Waals surface area (Å²) in [6.45, 7) is 6.63. The minimum absolute atomic E-state index is 0. The van der Waals surface area contributed by atoms with Gasteiger partial charge in [-0.25, -0.2) is 4.98 Å². The van der Waals surface area contributed by atoms with Gasteiger partial charge in [-0.1, -0.05) is 12.5 Å². The van der Waals surface area contributed by atoms with Gasteiger partial charge in [0.15, 0.2) is 0 Å². The molecule has 1 aromatic rings. The number of halogens is 1. The molecule has 0 aromatic carbocycles. The maximum atomic E-state index is 5.63. The molecule has 2 heterocycles. The number of anilines is 1. The van der Waals surface area contributed by atoms with Crippen LogP contribution in [0, 0.1) is 12.8 Å². The quantitative estimate of drug-likeness (QED) is 0.691. The number of hydrogen-bond donors (Lipinski definition) is 3. The molecule has 130 valence electrons. The van der Waals surface area contributed by atoms with Crippen molar-refractivity contribution in [1.29, 1.82) is 0 Å². The minimum atomic E-state index is 0. The molecule has 1 saturated carbocycles. The van der Waals surface area contributed by atoms with Crippen LogP contribution in [0.15, 0.2) is 18.2 Å². The zero-order chi connectivity index (χ0) is 15.2. The lowest BCUT2D eigenvalue weighted by atomic mass is 9.94. The van der Waals surface area contributed by atoms with Crippen LogP contribution in [0.2, 0.25) is 0 Å². The highest BCUT2D eigenvalue weighted by atomic mass is 35.5. The zero-order valence-corrected chi connectivity index (χ0v) is 14.7. The molecule has 6 heteroatoms. The van der Waals surface area contributed by atoms with Gasteiger partial charge in [-0.15, -0.1) is 12.4 Å². The molecular formula is C17H29ClN4O. The van der Waals surface area contributed by atoms with E-state index < -0.39 is 0 Å². The van der Waals surface area contributed by atoms with Crippen molar-refractivity contribution in [3.05, 3.63) is 23.9 Å². The fourth-order valence-electron chi connectivity index (χ4n) is 3.67. The van der Waals surface area contributed by atoms with Crippen LogP contribution in [-0.4, -0.2) is 49.9 Å². The van der Waals surface area contributed by atoms with E-state index >= 15 is 0 Å². The minimum Gasteiger partial charge on any atom is -0.379 e. The van der Waals surface area contributed by atoms with Crippen molar-refractivity contribution in [3.8, 4) is 0 Å². The SMILES string of the molecule is Cc1cccc(NCCNC2CCCC2C2COCCN2)n1.Cl. The molecule has 0 radical (unpaired) electrons. The van der Waals surface area contributed by atoms with Crippen molar-refractivity contribution in [2.45, 2.75) is 38.3 Å². The average molecular weight is 341 g/mol.